The van der Waals surface area contributed by atoms with Crippen molar-refractivity contribution < 1.29 is 18.7 Å². The minimum absolute atomic E-state index is 0.185. The molecule has 1 saturated heterocycles. The molecule has 86 valence electrons. The van der Waals surface area contributed by atoms with Crippen LogP contribution in [0.15, 0.2) is 11.9 Å². The van der Waals surface area contributed by atoms with Crippen LogP contribution in [-0.2, 0) is 14.3 Å². The summed E-state index contributed by atoms with van der Waals surface area (Å²) >= 11 is 0. The molecule has 0 aromatic heterocycles. The van der Waals surface area contributed by atoms with Crippen LogP contribution in [0.5, 0.6) is 0 Å². The van der Waals surface area contributed by atoms with E-state index in [1.54, 1.807) is 6.92 Å². The van der Waals surface area contributed by atoms with Gasteiger partial charge in [-0.15, -0.1) is 0 Å². The Labute approximate surface area is 88.4 Å². The first-order valence-electron chi connectivity index (χ1n) is 5.08. The number of ether oxygens (including phenoxy) is 2. The molecule has 0 radical (unpaired) electrons. The molecule has 1 aliphatic rings. The quantitative estimate of drug-likeness (QED) is 0.546. The van der Waals surface area contributed by atoms with E-state index in [1.165, 1.54) is 6.08 Å². The van der Waals surface area contributed by atoms with E-state index in [0.29, 0.717) is 13.2 Å². The van der Waals surface area contributed by atoms with Gasteiger partial charge in [-0.2, -0.15) is 4.39 Å². The Kier molecular flexibility index (Phi) is 5.28. The lowest BCUT2D eigenvalue weighted by Crippen LogP contribution is -2.29. The monoisotopic (exact) mass is 217 g/mol. The number of esters is 1. The van der Waals surface area contributed by atoms with Crippen LogP contribution in [0.3, 0.4) is 0 Å². The molecule has 0 unspecified atom stereocenters. The molecule has 0 saturated carbocycles. The third-order valence-electron chi connectivity index (χ3n) is 2.09. The highest BCUT2D eigenvalue weighted by Crippen LogP contribution is 2.03. The number of rotatable bonds is 5. The summed E-state index contributed by atoms with van der Waals surface area (Å²) in [4.78, 5) is 10.9. The number of hydrogen-bond acceptors (Lipinski definition) is 4. The molecule has 1 heterocycles. The maximum atomic E-state index is 13.0. The minimum Gasteiger partial charge on any atom is -0.461 e. The number of halogens is 1. The zero-order chi connectivity index (χ0) is 11.1. The summed E-state index contributed by atoms with van der Waals surface area (Å²) in [7, 11) is 0. The fourth-order valence-corrected chi connectivity index (χ4v) is 1.29. The van der Waals surface area contributed by atoms with Crippen molar-refractivity contribution in [2.75, 3.05) is 26.4 Å². The van der Waals surface area contributed by atoms with E-state index >= 15 is 0 Å². The molecule has 1 N–H and O–H groups in total. The van der Waals surface area contributed by atoms with Crippen molar-refractivity contribution in [2.45, 2.75) is 19.4 Å². The van der Waals surface area contributed by atoms with Crippen LogP contribution >= 0.6 is 0 Å². The normalized spacial score (nSPS) is 21.7. The SMILES string of the molecule is CCOC(=O)/C(F)=C/CN[C@H]1CCOC1. The van der Waals surface area contributed by atoms with Gasteiger partial charge in [0.15, 0.2) is 0 Å². The molecule has 1 fully saturated rings. The topological polar surface area (TPSA) is 47.6 Å². The zero-order valence-electron chi connectivity index (χ0n) is 8.79. The predicted octanol–water partition coefficient (Wildman–Crippen LogP) is 0.781. The molecule has 0 spiro atoms. The second kappa shape index (κ2) is 6.53. The second-order valence-electron chi connectivity index (χ2n) is 3.24. The van der Waals surface area contributed by atoms with Gasteiger partial charge >= 0.3 is 5.97 Å². The van der Waals surface area contributed by atoms with Crippen molar-refractivity contribution in [2.24, 2.45) is 0 Å². The highest BCUT2D eigenvalue weighted by atomic mass is 19.1. The van der Waals surface area contributed by atoms with Gasteiger partial charge in [0, 0.05) is 19.2 Å². The largest absolute Gasteiger partial charge is 0.461 e. The minimum atomic E-state index is -0.901. The van der Waals surface area contributed by atoms with Gasteiger partial charge in [-0.3, -0.25) is 0 Å². The summed E-state index contributed by atoms with van der Waals surface area (Å²) in [6.07, 6.45) is 2.12. The Hall–Kier alpha value is -0.940. The summed E-state index contributed by atoms with van der Waals surface area (Å²) in [5.74, 6) is -1.75. The number of nitrogens with one attached hydrogen (secondary N) is 1. The molecule has 1 aliphatic heterocycles. The molecule has 0 bridgehead atoms. The standard InChI is InChI=1S/C10H16FNO3/c1-2-15-10(13)9(11)3-5-12-8-4-6-14-7-8/h3,8,12H,2,4-7H2,1H3/b9-3-/t8-/m0/s1. The zero-order valence-corrected chi connectivity index (χ0v) is 8.79. The lowest BCUT2D eigenvalue weighted by Gasteiger charge is -2.07. The van der Waals surface area contributed by atoms with Crippen LogP contribution in [0.25, 0.3) is 0 Å². The van der Waals surface area contributed by atoms with E-state index in [4.69, 9.17) is 4.74 Å². The summed E-state index contributed by atoms with van der Waals surface area (Å²) in [5.41, 5.74) is 0. The molecule has 0 aromatic rings. The van der Waals surface area contributed by atoms with Crippen LogP contribution in [0.2, 0.25) is 0 Å². The fourth-order valence-electron chi connectivity index (χ4n) is 1.29. The first-order valence-corrected chi connectivity index (χ1v) is 5.08. The van der Waals surface area contributed by atoms with E-state index in [2.05, 4.69) is 10.1 Å². The third kappa shape index (κ3) is 4.40. The van der Waals surface area contributed by atoms with Gasteiger partial charge in [-0.1, -0.05) is 0 Å². The molecule has 15 heavy (non-hydrogen) atoms. The van der Waals surface area contributed by atoms with Crippen LogP contribution in [-0.4, -0.2) is 38.4 Å². The lowest BCUT2D eigenvalue weighted by molar-refractivity contribution is -0.140. The number of carbonyl (C=O) groups excluding carboxylic acids is 1. The van der Waals surface area contributed by atoms with Crippen molar-refractivity contribution in [3.8, 4) is 0 Å². The lowest BCUT2D eigenvalue weighted by atomic mass is 10.2. The van der Waals surface area contributed by atoms with Gasteiger partial charge in [0.25, 0.3) is 0 Å². The van der Waals surface area contributed by atoms with Crippen LogP contribution in [0.4, 0.5) is 4.39 Å². The summed E-state index contributed by atoms with van der Waals surface area (Å²) in [6, 6.07) is 0.260. The van der Waals surface area contributed by atoms with Gasteiger partial charge in [0.1, 0.15) is 0 Å². The highest BCUT2D eigenvalue weighted by molar-refractivity contribution is 5.85. The smallest absolute Gasteiger partial charge is 0.366 e. The van der Waals surface area contributed by atoms with Crippen molar-refractivity contribution >= 4 is 5.97 Å². The second-order valence-corrected chi connectivity index (χ2v) is 3.24. The summed E-state index contributed by atoms with van der Waals surface area (Å²) in [5, 5.41) is 3.06. The van der Waals surface area contributed by atoms with Gasteiger partial charge in [0.05, 0.1) is 13.2 Å². The molecule has 0 amide bonds. The highest BCUT2D eigenvalue weighted by Gasteiger charge is 2.14. The Morgan fingerprint density at radius 3 is 3.13 bits per heavy atom. The molecule has 4 nitrogen and oxygen atoms in total. The third-order valence-corrected chi connectivity index (χ3v) is 2.09. The van der Waals surface area contributed by atoms with Crippen LogP contribution in [0.1, 0.15) is 13.3 Å². The molecular weight excluding hydrogens is 201 g/mol. The van der Waals surface area contributed by atoms with Crippen LogP contribution < -0.4 is 5.32 Å². The van der Waals surface area contributed by atoms with Crippen molar-refractivity contribution in [3.63, 3.8) is 0 Å². The molecular formula is C10H16FNO3. The fraction of sp³-hybridized carbons (Fsp3) is 0.700. The molecule has 5 heteroatoms. The summed E-state index contributed by atoms with van der Waals surface area (Å²) in [6.45, 7) is 3.53. The number of hydrogen-bond donors (Lipinski definition) is 1. The van der Waals surface area contributed by atoms with E-state index in [1.807, 2.05) is 0 Å². The Bertz CT molecular complexity index is 237. The van der Waals surface area contributed by atoms with Gasteiger partial charge in [-0.25, -0.2) is 4.79 Å². The first kappa shape index (κ1) is 12.1. The van der Waals surface area contributed by atoms with E-state index in [9.17, 15) is 9.18 Å². The van der Waals surface area contributed by atoms with Gasteiger partial charge in [-0.05, 0) is 19.4 Å². The maximum absolute atomic E-state index is 13.0. The molecule has 0 aliphatic carbocycles. The average molecular weight is 217 g/mol. The first-order chi connectivity index (χ1) is 7.24. The average Bonchev–Trinajstić information content (AvgIpc) is 2.71. The van der Waals surface area contributed by atoms with Crippen molar-refractivity contribution in [1.82, 2.24) is 5.32 Å². The summed E-state index contributed by atoms with van der Waals surface area (Å²) < 4.78 is 22.6. The van der Waals surface area contributed by atoms with E-state index in [0.717, 1.165) is 13.0 Å². The Morgan fingerprint density at radius 1 is 1.73 bits per heavy atom. The van der Waals surface area contributed by atoms with Crippen molar-refractivity contribution in [1.29, 1.82) is 0 Å². The van der Waals surface area contributed by atoms with Gasteiger partial charge in [0.2, 0.25) is 5.83 Å². The molecule has 0 aromatic carbocycles. The van der Waals surface area contributed by atoms with E-state index < -0.39 is 11.8 Å². The van der Waals surface area contributed by atoms with E-state index in [-0.39, 0.29) is 12.6 Å². The maximum Gasteiger partial charge on any atom is 0.366 e. The number of carbonyl (C=O) groups is 1. The van der Waals surface area contributed by atoms with Crippen LogP contribution in [0, 0.1) is 0 Å². The molecule has 1 rings (SSSR count). The predicted molar refractivity (Wildman–Crippen MR) is 53.1 cm³/mol. The van der Waals surface area contributed by atoms with Crippen molar-refractivity contribution in [3.05, 3.63) is 11.9 Å². The Balaban J connectivity index is 2.20. The van der Waals surface area contributed by atoms with Gasteiger partial charge < -0.3 is 14.8 Å². The Morgan fingerprint density at radius 2 is 2.53 bits per heavy atom. The molecule has 1 atom stereocenters.